The lowest BCUT2D eigenvalue weighted by Gasteiger charge is -2.16. The first-order chi connectivity index (χ1) is 12.3. The number of amides is 1. The average molecular weight is 378 g/mol. The summed E-state index contributed by atoms with van der Waals surface area (Å²) in [6.45, 7) is 2.41. The molecule has 1 aliphatic rings. The summed E-state index contributed by atoms with van der Waals surface area (Å²) >= 11 is 0. The van der Waals surface area contributed by atoms with E-state index < -0.39 is 15.9 Å². The van der Waals surface area contributed by atoms with Gasteiger partial charge in [0, 0.05) is 37.9 Å². The number of aliphatic hydroxyl groups is 1. The molecule has 2 atom stereocenters. The van der Waals surface area contributed by atoms with Crippen molar-refractivity contribution < 1.29 is 22.8 Å². The van der Waals surface area contributed by atoms with E-state index in [2.05, 4.69) is 5.16 Å². The molecule has 1 aliphatic heterocycles. The molecule has 3 rings (SSSR count). The van der Waals surface area contributed by atoms with Crippen LogP contribution in [0.5, 0.6) is 0 Å². The van der Waals surface area contributed by atoms with E-state index >= 15 is 0 Å². The number of carbonyl (C=O) groups is 1. The van der Waals surface area contributed by atoms with Gasteiger partial charge in [0.15, 0.2) is 9.84 Å². The molecule has 2 heterocycles. The third-order valence-electron chi connectivity index (χ3n) is 4.59. The van der Waals surface area contributed by atoms with Gasteiger partial charge in [-0.3, -0.25) is 4.79 Å². The zero-order valence-corrected chi connectivity index (χ0v) is 15.4. The van der Waals surface area contributed by atoms with Gasteiger partial charge in [-0.25, -0.2) is 8.42 Å². The SMILES string of the molecule is Cc1cc(C[C@@H]2CN(C(=O)CCS(=O)(=O)c3ccccc3)C[C@H]2O)on1. The number of aromatic nitrogens is 1. The molecule has 1 aromatic heterocycles. The summed E-state index contributed by atoms with van der Waals surface area (Å²) < 4.78 is 29.7. The Bertz CT molecular complexity index is 863. The van der Waals surface area contributed by atoms with E-state index in [-0.39, 0.29) is 35.4 Å². The second-order valence-corrected chi connectivity index (χ2v) is 8.76. The van der Waals surface area contributed by atoms with E-state index in [1.165, 1.54) is 17.0 Å². The van der Waals surface area contributed by atoms with Gasteiger partial charge in [-0.2, -0.15) is 0 Å². The molecule has 140 valence electrons. The first kappa shape index (κ1) is 18.6. The van der Waals surface area contributed by atoms with Crippen molar-refractivity contribution >= 4 is 15.7 Å². The predicted molar refractivity (Wildman–Crippen MR) is 94.1 cm³/mol. The summed E-state index contributed by atoms with van der Waals surface area (Å²) in [5, 5.41) is 14.0. The molecule has 8 heteroatoms. The Kier molecular flexibility index (Phi) is 5.43. The number of β-amino-alcohol motifs (C(OH)–C–C–N with tert-alkyl or cyclic N) is 1. The fourth-order valence-corrected chi connectivity index (χ4v) is 4.41. The van der Waals surface area contributed by atoms with Crippen LogP contribution in [0.4, 0.5) is 0 Å². The van der Waals surface area contributed by atoms with E-state index in [1.807, 2.05) is 13.0 Å². The van der Waals surface area contributed by atoms with Crippen LogP contribution in [0.25, 0.3) is 0 Å². The Labute approximate surface area is 152 Å². The standard InChI is InChI=1S/C18H22N2O5S/c1-13-9-15(25-19-13)10-14-11-20(12-17(14)21)18(22)7-8-26(23,24)16-5-3-2-4-6-16/h2-6,9,14,17,21H,7-8,10-12H2,1H3/t14-,17-/m1/s1. The zero-order chi connectivity index (χ0) is 18.7. The van der Waals surface area contributed by atoms with Crippen LogP contribution in [0.15, 0.2) is 45.8 Å². The third kappa shape index (κ3) is 4.31. The molecule has 1 amide bonds. The van der Waals surface area contributed by atoms with Crippen LogP contribution < -0.4 is 0 Å². The van der Waals surface area contributed by atoms with Crippen LogP contribution in [0.1, 0.15) is 17.9 Å². The Hall–Kier alpha value is -2.19. The second-order valence-electron chi connectivity index (χ2n) is 6.65. The molecular formula is C18H22N2O5S. The fraction of sp³-hybridized carbons (Fsp3) is 0.444. The molecule has 0 unspecified atom stereocenters. The number of sulfone groups is 1. The molecule has 0 bridgehead atoms. The molecule has 0 saturated carbocycles. The van der Waals surface area contributed by atoms with E-state index in [1.54, 1.807) is 18.2 Å². The predicted octanol–water partition coefficient (Wildman–Crippen LogP) is 1.21. The average Bonchev–Trinajstić information content (AvgIpc) is 3.20. The van der Waals surface area contributed by atoms with Crippen molar-refractivity contribution in [3.63, 3.8) is 0 Å². The highest BCUT2D eigenvalue weighted by Crippen LogP contribution is 2.23. The van der Waals surface area contributed by atoms with Crippen LogP contribution in [0.2, 0.25) is 0 Å². The summed E-state index contributed by atoms with van der Waals surface area (Å²) in [4.78, 5) is 14.1. The van der Waals surface area contributed by atoms with E-state index in [0.717, 1.165) is 5.69 Å². The topological polar surface area (TPSA) is 101 Å². The molecule has 26 heavy (non-hydrogen) atoms. The van der Waals surface area contributed by atoms with Crippen LogP contribution in [-0.2, 0) is 21.1 Å². The van der Waals surface area contributed by atoms with Gasteiger partial charge >= 0.3 is 0 Å². The van der Waals surface area contributed by atoms with Gasteiger partial charge in [-0.05, 0) is 19.1 Å². The Morgan fingerprint density at radius 1 is 1.31 bits per heavy atom. The summed E-state index contributed by atoms with van der Waals surface area (Å²) in [7, 11) is -3.49. The molecule has 1 saturated heterocycles. The van der Waals surface area contributed by atoms with Crippen molar-refractivity contribution in [2.24, 2.45) is 5.92 Å². The molecule has 0 radical (unpaired) electrons. The fourth-order valence-electron chi connectivity index (χ4n) is 3.15. The van der Waals surface area contributed by atoms with Crippen LogP contribution >= 0.6 is 0 Å². The van der Waals surface area contributed by atoms with Crippen molar-refractivity contribution in [1.82, 2.24) is 10.1 Å². The minimum Gasteiger partial charge on any atom is -0.391 e. The smallest absolute Gasteiger partial charge is 0.223 e. The zero-order valence-electron chi connectivity index (χ0n) is 14.5. The molecular weight excluding hydrogens is 356 g/mol. The maximum atomic E-state index is 12.4. The summed E-state index contributed by atoms with van der Waals surface area (Å²) in [5.41, 5.74) is 0.770. The van der Waals surface area contributed by atoms with E-state index in [0.29, 0.717) is 18.7 Å². The van der Waals surface area contributed by atoms with Gasteiger partial charge in [-0.15, -0.1) is 0 Å². The first-order valence-electron chi connectivity index (χ1n) is 8.51. The first-order valence-corrected chi connectivity index (χ1v) is 10.2. The Balaban J connectivity index is 1.55. The molecule has 1 N–H and O–H groups in total. The van der Waals surface area contributed by atoms with E-state index in [4.69, 9.17) is 4.52 Å². The number of carbonyl (C=O) groups excluding carboxylic acids is 1. The van der Waals surface area contributed by atoms with Crippen LogP contribution in [0.3, 0.4) is 0 Å². The lowest BCUT2D eigenvalue weighted by molar-refractivity contribution is -0.130. The summed E-state index contributed by atoms with van der Waals surface area (Å²) in [6, 6.07) is 9.90. The largest absolute Gasteiger partial charge is 0.391 e. The van der Waals surface area contributed by atoms with Gasteiger partial charge in [0.25, 0.3) is 0 Å². The number of benzene rings is 1. The van der Waals surface area contributed by atoms with Crippen molar-refractivity contribution in [2.45, 2.75) is 30.8 Å². The number of nitrogens with zero attached hydrogens (tertiary/aromatic N) is 2. The Morgan fingerprint density at radius 2 is 2.04 bits per heavy atom. The number of hydrogen-bond acceptors (Lipinski definition) is 6. The molecule has 0 aliphatic carbocycles. The van der Waals surface area contributed by atoms with Gasteiger partial charge in [-0.1, -0.05) is 23.4 Å². The Morgan fingerprint density at radius 3 is 2.69 bits per heavy atom. The normalized spacial score (nSPS) is 20.5. The lowest BCUT2D eigenvalue weighted by Crippen LogP contribution is -2.31. The highest BCUT2D eigenvalue weighted by Gasteiger charge is 2.35. The number of hydrogen-bond donors (Lipinski definition) is 1. The van der Waals surface area contributed by atoms with Crippen molar-refractivity contribution in [3.8, 4) is 0 Å². The number of aryl methyl sites for hydroxylation is 1. The molecule has 1 aromatic carbocycles. The van der Waals surface area contributed by atoms with Crippen molar-refractivity contribution in [1.29, 1.82) is 0 Å². The molecule has 0 spiro atoms. The van der Waals surface area contributed by atoms with Crippen LogP contribution in [-0.4, -0.2) is 54.4 Å². The minimum atomic E-state index is -3.49. The third-order valence-corrected chi connectivity index (χ3v) is 6.32. The van der Waals surface area contributed by atoms with Crippen molar-refractivity contribution in [2.75, 3.05) is 18.8 Å². The number of likely N-dealkylation sites (tertiary alicyclic amines) is 1. The maximum absolute atomic E-state index is 12.4. The molecule has 1 fully saturated rings. The number of aliphatic hydroxyl groups excluding tert-OH is 1. The summed E-state index contributed by atoms with van der Waals surface area (Å²) in [6.07, 6.45) is -0.262. The maximum Gasteiger partial charge on any atom is 0.223 e. The quantitative estimate of drug-likeness (QED) is 0.811. The van der Waals surface area contributed by atoms with Crippen molar-refractivity contribution in [3.05, 3.63) is 47.9 Å². The minimum absolute atomic E-state index is 0.0991. The van der Waals surface area contributed by atoms with Gasteiger partial charge in [0.1, 0.15) is 5.76 Å². The molecule has 7 nitrogen and oxygen atoms in total. The van der Waals surface area contributed by atoms with Gasteiger partial charge in [0.2, 0.25) is 5.91 Å². The highest BCUT2D eigenvalue weighted by molar-refractivity contribution is 7.91. The monoisotopic (exact) mass is 378 g/mol. The highest BCUT2D eigenvalue weighted by atomic mass is 32.2. The lowest BCUT2D eigenvalue weighted by atomic mass is 10.0. The molecule has 2 aromatic rings. The van der Waals surface area contributed by atoms with E-state index in [9.17, 15) is 18.3 Å². The second kappa shape index (κ2) is 7.59. The van der Waals surface area contributed by atoms with Gasteiger partial charge < -0.3 is 14.5 Å². The van der Waals surface area contributed by atoms with Crippen LogP contribution in [0, 0.1) is 12.8 Å². The summed E-state index contributed by atoms with van der Waals surface area (Å²) in [5.74, 6) is 0.0262. The van der Waals surface area contributed by atoms with Gasteiger partial charge in [0.05, 0.1) is 22.4 Å². The number of rotatable bonds is 6.